The number of hydrogen-bond acceptors (Lipinski definition) is 9. The van der Waals surface area contributed by atoms with Crippen molar-refractivity contribution in [2.24, 2.45) is 5.73 Å². The van der Waals surface area contributed by atoms with Crippen LogP contribution in [0.15, 0.2) is 60.0 Å². The molecule has 2 N–H and O–H groups in total. The summed E-state index contributed by atoms with van der Waals surface area (Å²) in [4.78, 5) is 12.4. The van der Waals surface area contributed by atoms with E-state index in [0.29, 0.717) is 39.1 Å². The largest absolute Gasteiger partial charge is 0.493 e. The lowest BCUT2D eigenvalue weighted by atomic mass is 9.83. The van der Waals surface area contributed by atoms with Crippen LogP contribution in [0.2, 0.25) is 10.0 Å². The Morgan fingerprint density at radius 3 is 2.32 bits per heavy atom. The highest BCUT2D eigenvalue weighted by molar-refractivity contribution is 6.35. The Labute approximate surface area is 228 Å². The number of nitriles is 1. The molecule has 1 unspecified atom stereocenters. The first kappa shape index (κ1) is 26.8. The average molecular weight is 557 g/mol. The highest BCUT2D eigenvalue weighted by Crippen LogP contribution is 2.47. The number of halogens is 2. The molecular weight excluding hydrogens is 535 g/mol. The van der Waals surface area contributed by atoms with E-state index in [4.69, 9.17) is 57.4 Å². The number of ether oxygens (including phenoxy) is 6. The fraction of sp³-hybridized carbons (Fsp3) is 0.185. The molecule has 0 aliphatic carbocycles. The van der Waals surface area contributed by atoms with Gasteiger partial charge in [0.1, 0.15) is 28.9 Å². The van der Waals surface area contributed by atoms with Crippen molar-refractivity contribution < 1.29 is 33.2 Å². The van der Waals surface area contributed by atoms with E-state index in [-0.39, 0.29) is 28.0 Å². The number of esters is 1. The lowest BCUT2D eigenvalue weighted by molar-refractivity contribution is -0.136. The quantitative estimate of drug-likeness (QED) is 0.293. The first-order chi connectivity index (χ1) is 18.3. The summed E-state index contributed by atoms with van der Waals surface area (Å²) in [5.41, 5.74) is 7.59. The number of rotatable bonds is 8. The van der Waals surface area contributed by atoms with Crippen molar-refractivity contribution in [2.75, 3.05) is 27.9 Å². The highest BCUT2D eigenvalue weighted by atomic mass is 35.5. The van der Waals surface area contributed by atoms with E-state index in [0.717, 1.165) is 0 Å². The van der Waals surface area contributed by atoms with Crippen LogP contribution in [0, 0.1) is 11.3 Å². The minimum Gasteiger partial charge on any atom is -0.493 e. The van der Waals surface area contributed by atoms with E-state index in [2.05, 4.69) is 6.07 Å². The molecule has 11 heteroatoms. The number of nitrogens with zero attached hydrogens (tertiary/aromatic N) is 1. The van der Waals surface area contributed by atoms with E-state index in [1.165, 1.54) is 33.5 Å². The second-order valence-corrected chi connectivity index (χ2v) is 8.76. The maximum absolute atomic E-state index is 12.4. The van der Waals surface area contributed by atoms with Crippen LogP contribution in [0.5, 0.6) is 34.5 Å². The maximum atomic E-state index is 12.4. The molecule has 0 aromatic heterocycles. The van der Waals surface area contributed by atoms with Crippen molar-refractivity contribution in [2.45, 2.75) is 5.92 Å². The summed E-state index contributed by atoms with van der Waals surface area (Å²) in [6, 6.07) is 15.0. The molecule has 1 heterocycles. The maximum Gasteiger partial charge on any atom is 0.349 e. The minimum atomic E-state index is -0.672. The Balaban J connectivity index is 1.62. The van der Waals surface area contributed by atoms with Crippen LogP contribution in [0.1, 0.15) is 17.0 Å². The number of carbonyl (C=O) groups is 1. The van der Waals surface area contributed by atoms with Gasteiger partial charge >= 0.3 is 5.97 Å². The smallest absolute Gasteiger partial charge is 0.349 e. The van der Waals surface area contributed by atoms with Crippen molar-refractivity contribution in [3.63, 3.8) is 0 Å². The minimum absolute atomic E-state index is 0.0806. The molecule has 4 rings (SSSR count). The zero-order valence-corrected chi connectivity index (χ0v) is 22.1. The summed E-state index contributed by atoms with van der Waals surface area (Å²) in [5.74, 6) is 0.662. The van der Waals surface area contributed by atoms with Crippen molar-refractivity contribution in [1.29, 1.82) is 5.26 Å². The monoisotopic (exact) mass is 556 g/mol. The van der Waals surface area contributed by atoms with Gasteiger partial charge in [-0.3, -0.25) is 0 Å². The summed E-state index contributed by atoms with van der Waals surface area (Å²) in [6.45, 7) is -0.395. The van der Waals surface area contributed by atoms with Crippen LogP contribution in [0.3, 0.4) is 0 Å². The van der Waals surface area contributed by atoms with Gasteiger partial charge < -0.3 is 34.2 Å². The fourth-order valence-corrected chi connectivity index (χ4v) is 4.46. The Morgan fingerprint density at radius 1 is 1.00 bits per heavy atom. The third-order valence-corrected chi connectivity index (χ3v) is 6.21. The first-order valence-electron chi connectivity index (χ1n) is 11.1. The van der Waals surface area contributed by atoms with Gasteiger partial charge in [0, 0.05) is 16.7 Å². The third-order valence-electron chi connectivity index (χ3n) is 5.68. The second-order valence-electron chi connectivity index (χ2n) is 7.92. The molecule has 0 fully saturated rings. The summed E-state index contributed by atoms with van der Waals surface area (Å²) in [6.07, 6.45) is 0. The average Bonchev–Trinajstić information content (AvgIpc) is 2.90. The van der Waals surface area contributed by atoms with E-state index in [9.17, 15) is 10.1 Å². The zero-order chi connectivity index (χ0) is 27.4. The molecule has 0 radical (unpaired) electrons. The SMILES string of the molecule is COc1cc(C2C(C#N)=C(N)Oc3cc(OC(=O)COc4ccc(Cl)cc4Cl)ccc32)cc(OC)c1OC. The molecule has 0 saturated carbocycles. The van der Waals surface area contributed by atoms with Crippen LogP contribution < -0.4 is 34.2 Å². The number of methoxy groups -OCH3 is 3. The number of benzene rings is 3. The van der Waals surface area contributed by atoms with Crippen molar-refractivity contribution in [3.05, 3.63) is 81.2 Å². The predicted molar refractivity (Wildman–Crippen MR) is 139 cm³/mol. The number of carbonyl (C=O) groups excluding carboxylic acids is 1. The summed E-state index contributed by atoms with van der Waals surface area (Å²) >= 11 is 11.9. The number of nitrogens with two attached hydrogens (primary N) is 1. The Kier molecular flexibility index (Phi) is 8.05. The fourth-order valence-electron chi connectivity index (χ4n) is 4.00. The zero-order valence-electron chi connectivity index (χ0n) is 20.5. The molecule has 9 nitrogen and oxygen atoms in total. The number of hydrogen-bond donors (Lipinski definition) is 1. The van der Waals surface area contributed by atoms with Gasteiger partial charge in [-0.2, -0.15) is 5.26 Å². The molecule has 0 bridgehead atoms. The summed E-state index contributed by atoms with van der Waals surface area (Å²) in [5, 5.41) is 10.6. The molecule has 196 valence electrons. The van der Waals surface area contributed by atoms with Gasteiger partial charge in [-0.15, -0.1) is 0 Å². The number of allylic oxidation sites excluding steroid dienone is 1. The lowest BCUT2D eigenvalue weighted by Crippen LogP contribution is -2.22. The lowest BCUT2D eigenvalue weighted by Gasteiger charge is -2.27. The van der Waals surface area contributed by atoms with Gasteiger partial charge in [-0.05, 0) is 42.0 Å². The first-order valence-corrected chi connectivity index (χ1v) is 11.8. The molecule has 1 atom stereocenters. The normalized spacial score (nSPS) is 14.1. The Hall–Kier alpha value is -4.26. The second kappa shape index (κ2) is 11.4. The highest BCUT2D eigenvalue weighted by Gasteiger charge is 2.32. The van der Waals surface area contributed by atoms with E-state index >= 15 is 0 Å². The topological polar surface area (TPSA) is 122 Å². The molecule has 3 aromatic rings. The summed E-state index contributed by atoms with van der Waals surface area (Å²) in [7, 11) is 4.50. The van der Waals surface area contributed by atoms with Gasteiger partial charge in [0.25, 0.3) is 0 Å². The van der Waals surface area contributed by atoms with E-state index < -0.39 is 18.5 Å². The van der Waals surface area contributed by atoms with Crippen molar-refractivity contribution in [1.82, 2.24) is 0 Å². The van der Waals surface area contributed by atoms with Crippen LogP contribution in [-0.4, -0.2) is 33.9 Å². The van der Waals surface area contributed by atoms with Gasteiger partial charge in [0.05, 0.1) is 32.3 Å². The van der Waals surface area contributed by atoms with Crippen LogP contribution in [0.25, 0.3) is 0 Å². The Morgan fingerprint density at radius 2 is 1.71 bits per heavy atom. The van der Waals surface area contributed by atoms with E-state index in [1.807, 2.05) is 0 Å². The van der Waals surface area contributed by atoms with Gasteiger partial charge in [-0.1, -0.05) is 29.3 Å². The Bertz CT molecular complexity index is 1440. The molecule has 3 aromatic carbocycles. The molecule has 0 spiro atoms. The van der Waals surface area contributed by atoms with Gasteiger partial charge in [0.15, 0.2) is 18.1 Å². The molecule has 1 aliphatic rings. The van der Waals surface area contributed by atoms with Gasteiger partial charge in [-0.25, -0.2) is 4.79 Å². The van der Waals surface area contributed by atoms with Crippen molar-refractivity contribution in [3.8, 4) is 40.6 Å². The predicted octanol–water partition coefficient (Wildman–Crippen LogP) is 5.22. The number of fused-ring (bicyclic) bond motifs is 1. The van der Waals surface area contributed by atoms with E-state index in [1.54, 1.807) is 36.4 Å². The molecular formula is C27H22Cl2N2O7. The third kappa shape index (κ3) is 5.37. The van der Waals surface area contributed by atoms with Crippen LogP contribution >= 0.6 is 23.2 Å². The molecule has 38 heavy (non-hydrogen) atoms. The molecule has 0 saturated heterocycles. The van der Waals surface area contributed by atoms with Crippen molar-refractivity contribution >= 4 is 29.2 Å². The molecule has 1 aliphatic heterocycles. The molecule has 0 amide bonds. The van der Waals surface area contributed by atoms with Crippen LogP contribution in [0.4, 0.5) is 0 Å². The summed E-state index contributed by atoms with van der Waals surface area (Å²) < 4.78 is 32.9. The van der Waals surface area contributed by atoms with Gasteiger partial charge in [0.2, 0.25) is 11.6 Å². The van der Waals surface area contributed by atoms with Crippen LogP contribution in [-0.2, 0) is 4.79 Å². The standard InChI is InChI=1S/C27H22Cl2N2O7/c1-33-22-8-14(9-23(34-2)26(22)35-3)25-17-6-5-16(11-21(17)38-27(31)18(25)12-30)37-24(32)13-36-20-7-4-15(28)10-19(20)29/h4-11,25H,13,31H2,1-3H3.